The molecule has 0 saturated carbocycles. The van der Waals surface area contributed by atoms with Gasteiger partial charge >= 0.3 is 0 Å². The molecule has 0 aromatic heterocycles. The zero-order valence-corrected chi connectivity index (χ0v) is 12.8. The molecule has 2 unspecified atom stereocenters. The lowest BCUT2D eigenvalue weighted by Crippen LogP contribution is -2.34. The van der Waals surface area contributed by atoms with Gasteiger partial charge in [0.15, 0.2) is 0 Å². The van der Waals surface area contributed by atoms with Crippen molar-refractivity contribution in [2.45, 2.75) is 44.8 Å². The highest BCUT2D eigenvalue weighted by Gasteiger charge is 2.16. The Balaban J connectivity index is 1.75. The molecule has 20 heavy (non-hydrogen) atoms. The van der Waals surface area contributed by atoms with E-state index in [1.54, 1.807) is 0 Å². The molecule has 0 amide bonds. The summed E-state index contributed by atoms with van der Waals surface area (Å²) in [5.74, 6) is 0. The van der Waals surface area contributed by atoms with E-state index in [4.69, 9.17) is 10.5 Å². The van der Waals surface area contributed by atoms with Gasteiger partial charge in [-0.05, 0) is 57.3 Å². The highest BCUT2D eigenvalue weighted by Crippen LogP contribution is 2.19. The summed E-state index contributed by atoms with van der Waals surface area (Å²) in [5, 5.41) is 0. The van der Waals surface area contributed by atoms with Crippen molar-refractivity contribution < 1.29 is 4.74 Å². The first-order valence-electron chi connectivity index (χ1n) is 7.78. The van der Waals surface area contributed by atoms with Crippen LogP contribution >= 0.6 is 0 Å². The highest BCUT2D eigenvalue weighted by molar-refractivity contribution is 5.28. The van der Waals surface area contributed by atoms with Crippen LogP contribution < -0.4 is 5.73 Å². The molecule has 112 valence electrons. The Hall–Kier alpha value is -0.900. The smallest absolute Gasteiger partial charge is 0.0701 e. The molecule has 1 aliphatic rings. The molecule has 1 fully saturated rings. The van der Waals surface area contributed by atoms with Gasteiger partial charge in [-0.1, -0.05) is 24.3 Å². The Bertz CT molecular complexity index is 402. The maximum Gasteiger partial charge on any atom is 0.0701 e. The fourth-order valence-corrected chi connectivity index (χ4v) is 2.91. The minimum Gasteiger partial charge on any atom is -0.377 e. The van der Waals surface area contributed by atoms with E-state index in [-0.39, 0.29) is 6.04 Å². The molecule has 1 saturated heterocycles. The summed E-state index contributed by atoms with van der Waals surface area (Å²) in [5.41, 5.74) is 8.88. The van der Waals surface area contributed by atoms with Gasteiger partial charge in [-0.25, -0.2) is 0 Å². The number of ether oxygens (including phenoxy) is 1. The van der Waals surface area contributed by atoms with Crippen molar-refractivity contribution in [3.8, 4) is 0 Å². The standard InChI is InChI=1S/C17H28N2O/c1-14-7-3-4-9-16(14)17(18)10-11-19(2)13-15-8-5-6-12-20-15/h3-4,7,9,15,17H,5-6,8,10-13,18H2,1-2H3. The first kappa shape index (κ1) is 15.5. The van der Waals surface area contributed by atoms with E-state index in [2.05, 4.69) is 43.1 Å². The monoisotopic (exact) mass is 276 g/mol. The first-order valence-corrected chi connectivity index (χ1v) is 7.78. The third-order valence-electron chi connectivity index (χ3n) is 4.20. The van der Waals surface area contributed by atoms with E-state index in [0.29, 0.717) is 6.10 Å². The molecule has 2 rings (SSSR count). The van der Waals surface area contributed by atoms with Crippen molar-refractivity contribution in [3.05, 3.63) is 35.4 Å². The van der Waals surface area contributed by atoms with Gasteiger partial charge in [0, 0.05) is 19.2 Å². The third-order valence-corrected chi connectivity index (χ3v) is 4.20. The molecular weight excluding hydrogens is 248 g/mol. The Labute approximate surface area is 123 Å². The lowest BCUT2D eigenvalue weighted by Gasteiger charge is -2.28. The molecule has 1 aromatic rings. The van der Waals surface area contributed by atoms with Gasteiger partial charge in [-0.3, -0.25) is 0 Å². The SMILES string of the molecule is Cc1ccccc1C(N)CCN(C)CC1CCCCO1. The lowest BCUT2D eigenvalue weighted by molar-refractivity contribution is -0.00175. The normalized spacial score (nSPS) is 21.1. The van der Waals surface area contributed by atoms with E-state index in [9.17, 15) is 0 Å². The van der Waals surface area contributed by atoms with E-state index in [0.717, 1.165) is 26.1 Å². The predicted octanol–water partition coefficient (Wildman–Crippen LogP) is 2.89. The number of aryl methyl sites for hydroxylation is 1. The molecule has 2 N–H and O–H groups in total. The number of hydrogen-bond donors (Lipinski definition) is 1. The lowest BCUT2D eigenvalue weighted by atomic mass is 9.99. The van der Waals surface area contributed by atoms with E-state index >= 15 is 0 Å². The second kappa shape index (κ2) is 7.77. The van der Waals surface area contributed by atoms with Crippen LogP contribution in [0.3, 0.4) is 0 Å². The Morgan fingerprint density at radius 1 is 1.35 bits per heavy atom. The minimum atomic E-state index is 0.130. The van der Waals surface area contributed by atoms with Gasteiger partial charge < -0.3 is 15.4 Å². The van der Waals surface area contributed by atoms with Crippen molar-refractivity contribution in [2.75, 3.05) is 26.7 Å². The summed E-state index contributed by atoms with van der Waals surface area (Å²) in [4.78, 5) is 2.36. The second-order valence-corrected chi connectivity index (χ2v) is 6.00. The summed E-state index contributed by atoms with van der Waals surface area (Å²) < 4.78 is 5.79. The van der Waals surface area contributed by atoms with Gasteiger partial charge in [0.25, 0.3) is 0 Å². The van der Waals surface area contributed by atoms with Crippen molar-refractivity contribution >= 4 is 0 Å². The van der Waals surface area contributed by atoms with Crippen molar-refractivity contribution in [3.63, 3.8) is 0 Å². The number of rotatable bonds is 6. The number of benzene rings is 1. The molecule has 1 aliphatic heterocycles. The highest BCUT2D eigenvalue weighted by atomic mass is 16.5. The number of hydrogen-bond acceptors (Lipinski definition) is 3. The Morgan fingerprint density at radius 2 is 2.15 bits per heavy atom. The van der Waals surface area contributed by atoms with Gasteiger partial charge in [0.2, 0.25) is 0 Å². The maximum absolute atomic E-state index is 6.32. The quantitative estimate of drug-likeness (QED) is 0.868. The van der Waals surface area contributed by atoms with Crippen LogP contribution in [-0.4, -0.2) is 37.7 Å². The second-order valence-electron chi connectivity index (χ2n) is 6.00. The summed E-state index contributed by atoms with van der Waals surface area (Å²) in [6, 6.07) is 8.55. The minimum absolute atomic E-state index is 0.130. The average Bonchev–Trinajstić information content (AvgIpc) is 2.46. The third kappa shape index (κ3) is 4.58. The van der Waals surface area contributed by atoms with Crippen LogP contribution in [0.4, 0.5) is 0 Å². The van der Waals surface area contributed by atoms with Crippen LogP contribution in [-0.2, 0) is 4.74 Å². The number of nitrogens with zero attached hydrogens (tertiary/aromatic N) is 1. The molecule has 0 aliphatic carbocycles. The van der Waals surface area contributed by atoms with Crippen LogP contribution in [0.1, 0.15) is 42.9 Å². The molecule has 1 heterocycles. The van der Waals surface area contributed by atoms with Crippen LogP contribution in [0, 0.1) is 6.92 Å². The van der Waals surface area contributed by atoms with Crippen LogP contribution in [0.15, 0.2) is 24.3 Å². The summed E-state index contributed by atoms with van der Waals surface area (Å²) in [6.07, 6.45) is 5.14. The largest absolute Gasteiger partial charge is 0.377 e. The summed E-state index contributed by atoms with van der Waals surface area (Å²) >= 11 is 0. The van der Waals surface area contributed by atoms with Gasteiger partial charge in [0.1, 0.15) is 0 Å². The molecule has 3 nitrogen and oxygen atoms in total. The van der Waals surface area contributed by atoms with E-state index in [1.165, 1.54) is 30.4 Å². The van der Waals surface area contributed by atoms with Crippen LogP contribution in [0.25, 0.3) is 0 Å². The van der Waals surface area contributed by atoms with Gasteiger partial charge in [0.05, 0.1) is 6.10 Å². The molecular formula is C17H28N2O. The molecule has 0 spiro atoms. The summed E-state index contributed by atoms with van der Waals surface area (Å²) in [6.45, 7) is 5.12. The van der Waals surface area contributed by atoms with Crippen molar-refractivity contribution in [2.24, 2.45) is 5.73 Å². The average molecular weight is 276 g/mol. The Morgan fingerprint density at radius 3 is 2.85 bits per heavy atom. The van der Waals surface area contributed by atoms with Crippen LogP contribution in [0.2, 0.25) is 0 Å². The predicted molar refractivity (Wildman–Crippen MR) is 83.8 cm³/mol. The molecule has 3 heteroatoms. The van der Waals surface area contributed by atoms with Crippen LogP contribution in [0.5, 0.6) is 0 Å². The maximum atomic E-state index is 6.32. The number of likely N-dealkylation sites (N-methyl/N-ethyl adjacent to an activating group) is 1. The molecule has 2 atom stereocenters. The fourth-order valence-electron chi connectivity index (χ4n) is 2.91. The van der Waals surface area contributed by atoms with E-state index < -0.39 is 0 Å². The molecule has 0 radical (unpaired) electrons. The Kier molecular flexibility index (Phi) is 6.02. The summed E-state index contributed by atoms with van der Waals surface area (Å²) in [7, 11) is 2.17. The first-order chi connectivity index (χ1) is 9.66. The van der Waals surface area contributed by atoms with Crippen molar-refractivity contribution in [1.29, 1.82) is 0 Å². The van der Waals surface area contributed by atoms with Gasteiger partial charge in [-0.2, -0.15) is 0 Å². The fraction of sp³-hybridized carbons (Fsp3) is 0.647. The van der Waals surface area contributed by atoms with Crippen molar-refractivity contribution in [1.82, 2.24) is 4.90 Å². The van der Waals surface area contributed by atoms with Gasteiger partial charge in [-0.15, -0.1) is 0 Å². The number of nitrogens with two attached hydrogens (primary N) is 1. The zero-order valence-electron chi connectivity index (χ0n) is 12.8. The molecule has 1 aromatic carbocycles. The zero-order chi connectivity index (χ0) is 14.4. The topological polar surface area (TPSA) is 38.5 Å². The molecule has 0 bridgehead atoms. The van der Waals surface area contributed by atoms with E-state index in [1.807, 2.05) is 0 Å².